The van der Waals surface area contributed by atoms with Gasteiger partial charge in [0.25, 0.3) is 5.91 Å². The van der Waals surface area contributed by atoms with Gasteiger partial charge in [-0.2, -0.15) is 5.10 Å². The molecule has 0 bridgehead atoms. The summed E-state index contributed by atoms with van der Waals surface area (Å²) in [7, 11) is 1.89. The van der Waals surface area contributed by atoms with E-state index in [-0.39, 0.29) is 18.4 Å². The highest BCUT2D eigenvalue weighted by atomic mass is 16.3. The number of carbonyl (C=O) groups is 1. The number of aliphatic hydroxyl groups excluding tert-OH is 1. The summed E-state index contributed by atoms with van der Waals surface area (Å²) < 4.78 is 3.80. The number of hydrogen-bond donors (Lipinski definition) is 1. The van der Waals surface area contributed by atoms with Gasteiger partial charge in [-0.05, 0) is 37.1 Å². The summed E-state index contributed by atoms with van der Waals surface area (Å²) in [4.78, 5) is 14.7. The Bertz CT molecular complexity index is 921. The van der Waals surface area contributed by atoms with Gasteiger partial charge >= 0.3 is 0 Å². The lowest BCUT2D eigenvalue weighted by Gasteiger charge is -2.32. The van der Waals surface area contributed by atoms with E-state index >= 15 is 0 Å². The van der Waals surface area contributed by atoms with E-state index in [1.165, 1.54) is 0 Å². The quantitative estimate of drug-likeness (QED) is 0.774. The number of para-hydroxylation sites is 1. The number of benzene rings is 1. The van der Waals surface area contributed by atoms with Crippen LogP contribution in [0.1, 0.15) is 40.5 Å². The van der Waals surface area contributed by atoms with Crippen LogP contribution in [0.25, 0.3) is 5.69 Å². The summed E-state index contributed by atoms with van der Waals surface area (Å²) in [5.41, 5.74) is 3.65. The molecule has 3 aromatic rings. The molecule has 0 radical (unpaired) electrons. The molecule has 1 N–H and O–H groups in total. The van der Waals surface area contributed by atoms with Gasteiger partial charge in [0.1, 0.15) is 5.69 Å². The average molecular weight is 364 g/mol. The Kier molecular flexibility index (Phi) is 4.81. The zero-order valence-corrected chi connectivity index (χ0v) is 15.5. The van der Waals surface area contributed by atoms with Crippen molar-refractivity contribution in [2.24, 2.45) is 7.05 Å². The van der Waals surface area contributed by atoms with Gasteiger partial charge in [-0.3, -0.25) is 4.79 Å². The standard InChI is InChI=1S/C21H24N4O2/c1-23-11-5-8-19(23)21(27)24-12-9-16(10-13-24)20-17(15-26)14-22-25(20)18-6-3-2-4-7-18/h2-8,11,14,16,26H,9-10,12-13,15H2,1H3. The van der Waals surface area contributed by atoms with Crippen LogP contribution in [-0.4, -0.2) is 43.4 Å². The molecule has 0 atom stereocenters. The fourth-order valence-electron chi connectivity index (χ4n) is 3.93. The predicted molar refractivity (Wildman–Crippen MR) is 103 cm³/mol. The molecule has 2 aromatic heterocycles. The lowest BCUT2D eigenvalue weighted by molar-refractivity contribution is 0.0701. The van der Waals surface area contributed by atoms with E-state index in [9.17, 15) is 9.90 Å². The van der Waals surface area contributed by atoms with E-state index in [2.05, 4.69) is 5.10 Å². The number of rotatable bonds is 4. The van der Waals surface area contributed by atoms with Gasteiger partial charge in [0.05, 0.1) is 24.2 Å². The first-order valence-electron chi connectivity index (χ1n) is 9.32. The number of hydrogen-bond acceptors (Lipinski definition) is 3. The normalized spacial score (nSPS) is 15.3. The fraction of sp³-hybridized carbons (Fsp3) is 0.333. The maximum atomic E-state index is 12.7. The van der Waals surface area contributed by atoms with Gasteiger partial charge < -0.3 is 14.6 Å². The lowest BCUT2D eigenvalue weighted by atomic mass is 9.91. The molecule has 1 fully saturated rings. The molecular weight excluding hydrogens is 340 g/mol. The van der Waals surface area contributed by atoms with E-state index in [4.69, 9.17) is 0 Å². The predicted octanol–water partition coefficient (Wildman–Crippen LogP) is 2.72. The second kappa shape index (κ2) is 7.40. The first-order chi connectivity index (χ1) is 13.2. The van der Waals surface area contributed by atoms with Gasteiger partial charge in [-0.1, -0.05) is 18.2 Å². The maximum absolute atomic E-state index is 12.7. The second-order valence-electron chi connectivity index (χ2n) is 7.03. The number of piperidine rings is 1. The lowest BCUT2D eigenvalue weighted by Crippen LogP contribution is -2.39. The minimum atomic E-state index is -0.0232. The molecule has 6 nitrogen and oxygen atoms in total. The zero-order chi connectivity index (χ0) is 18.8. The van der Waals surface area contributed by atoms with Crippen LogP contribution in [0.4, 0.5) is 0 Å². The third kappa shape index (κ3) is 3.28. The van der Waals surface area contributed by atoms with Crippen molar-refractivity contribution in [2.75, 3.05) is 13.1 Å². The van der Waals surface area contributed by atoms with Crippen LogP contribution in [0.3, 0.4) is 0 Å². The highest BCUT2D eigenvalue weighted by Gasteiger charge is 2.29. The molecule has 0 unspecified atom stereocenters. The van der Waals surface area contributed by atoms with Gasteiger partial charge in [-0.25, -0.2) is 4.68 Å². The second-order valence-corrected chi connectivity index (χ2v) is 7.03. The van der Waals surface area contributed by atoms with Crippen LogP contribution in [0.15, 0.2) is 54.9 Å². The van der Waals surface area contributed by atoms with Crippen LogP contribution < -0.4 is 0 Å². The minimum Gasteiger partial charge on any atom is -0.392 e. The Morgan fingerprint density at radius 3 is 2.52 bits per heavy atom. The van der Waals surface area contributed by atoms with Gasteiger partial charge in [0.15, 0.2) is 0 Å². The SMILES string of the molecule is Cn1cccc1C(=O)N1CCC(c2c(CO)cnn2-c2ccccc2)CC1. The summed E-state index contributed by atoms with van der Waals surface area (Å²) in [6.45, 7) is 1.39. The van der Waals surface area contributed by atoms with Gasteiger partial charge in [0.2, 0.25) is 0 Å². The molecular formula is C21H24N4O2. The van der Waals surface area contributed by atoms with E-state index < -0.39 is 0 Å². The Labute approximate surface area is 158 Å². The molecule has 1 aromatic carbocycles. The van der Waals surface area contributed by atoms with Crippen molar-refractivity contribution in [2.45, 2.75) is 25.4 Å². The first-order valence-corrected chi connectivity index (χ1v) is 9.32. The Balaban J connectivity index is 1.54. The van der Waals surface area contributed by atoms with Crippen LogP contribution in [0.2, 0.25) is 0 Å². The van der Waals surface area contributed by atoms with Crippen molar-refractivity contribution in [1.29, 1.82) is 0 Å². The topological polar surface area (TPSA) is 63.3 Å². The van der Waals surface area contributed by atoms with Crippen LogP contribution in [0.5, 0.6) is 0 Å². The van der Waals surface area contributed by atoms with Gasteiger partial charge in [-0.15, -0.1) is 0 Å². The molecule has 1 saturated heterocycles. The molecule has 0 spiro atoms. The van der Waals surface area contributed by atoms with Crippen LogP contribution in [0, 0.1) is 0 Å². The Morgan fingerprint density at radius 1 is 1.15 bits per heavy atom. The van der Waals surface area contributed by atoms with Crippen molar-refractivity contribution in [3.05, 3.63) is 71.8 Å². The monoisotopic (exact) mass is 364 g/mol. The van der Waals surface area contributed by atoms with Crippen molar-refractivity contribution in [3.8, 4) is 5.69 Å². The van der Waals surface area contributed by atoms with Crippen molar-refractivity contribution in [3.63, 3.8) is 0 Å². The molecule has 6 heteroatoms. The zero-order valence-electron chi connectivity index (χ0n) is 15.5. The smallest absolute Gasteiger partial charge is 0.270 e. The molecule has 0 aliphatic carbocycles. The number of nitrogens with zero attached hydrogens (tertiary/aromatic N) is 4. The summed E-state index contributed by atoms with van der Waals surface area (Å²) in [5.74, 6) is 0.354. The number of amides is 1. The number of likely N-dealkylation sites (tertiary alicyclic amines) is 1. The number of aliphatic hydroxyl groups is 1. The first kappa shape index (κ1) is 17.5. The molecule has 4 rings (SSSR count). The molecule has 140 valence electrons. The van der Waals surface area contributed by atoms with Gasteiger partial charge in [0, 0.05) is 37.8 Å². The Morgan fingerprint density at radius 2 is 1.89 bits per heavy atom. The molecule has 27 heavy (non-hydrogen) atoms. The van der Waals surface area contributed by atoms with Crippen molar-refractivity contribution >= 4 is 5.91 Å². The Hall–Kier alpha value is -2.86. The minimum absolute atomic E-state index is 0.0232. The average Bonchev–Trinajstić information content (AvgIpc) is 3.34. The summed E-state index contributed by atoms with van der Waals surface area (Å²) >= 11 is 0. The molecule has 1 aliphatic heterocycles. The summed E-state index contributed by atoms with van der Waals surface area (Å²) in [6.07, 6.45) is 5.37. The number of aryl methyl sites for hydroxylation is 1. The molecule has 3 heterocycles. The summed E-state index contributed by atoms with van der Waals surface area (Å²) in [6, 6.07) is 13.8. The highest BCUT2D eigenvalue weighted by Crippen LogP contribution is 2.32. The summed E-state index contributed by atoms with van der Waals surface area (Å²) in [5, 5.41) is 14.3. The van der Waals surface area contributed by atoms with Crippen molar-refractivity contribution in [1.82, 2.24) is 19.2 Å². The molecule has 1 aliphatic rings. The molecule has 0 saturated carbocycles. The number of carbonyl (C=O) groups excluding carboxylic acids is 1. The third-order valence-electron chi connectivity index (χ3n) is 5.39. The maximum Gasteiger partial charge on any atom is 0.270 e. The van der Waals surface area contributed by atoms with Crippen LogP contribution in [-0.2, 0) is 13.7 Å². The number of aromatic nitrogens is 3. The largest absolute Gasteiger partial charge is 0.392 e. The van der Waals surface area contributed by atoms with E-state index in [1.807, 2.05) is 69.9 Å². The van der Waals surface area contributed by atoms with E-state index in [0.29, 0.717) is 13.1 Å². The van der Waals surface area contributed by atoms with E-state index in [1.54, 1.807) is 6.20 Å². The molecule has 1 amide bonds. The van der Waals surface area contributed by atoms with Crippen molar-refractivity contribution < 1.29 is 9.90 Å². The van der Waals surface area contributed by atoms with Crippen LogP contribution >= 0.6 is 0 Å². The van der Waals surface area contributed by atoms with E-state index in [0.717, 1.165) is 35.5 Å². The third-order valence-corrected chi connectivity index (χ3v) is 5.39. The highest BCUT2D eigenvalue weighted by molar-refractivity contribution is 5.92. The fourth-order valence-corrected chi connectivity index (χ4v) is 3.93.